The molecule has 2 aromatic rings. The molecule has 1 unspecified atom stereocenters. The largest absolute Gasteiger partial charge is 0.333 e. The smallest absolute Gasteiger partial charge is 0.230 e. The highest BCUT2D eigenvalue weighted by Crippen LogP contribution is 2.13. The van der Waals surface area contributed by atoms with Crippen molar-refractivity contribution in [3.63, 3.8) is 0 Å². The summed E-state index contributed by atoms with van der Waals surface area (Å²) < 4.78 is 0. The molecule has 0 spiro atoms. The molecule has 0 radical (unpaired) electrons. The zero-order chi connectivity index (χ0) is 15.9. The molecular weight excluding hydrogens is 272 g/mol. The second-order valence-electron chi connectivity index (χ2n) is 6.04. The fourth-order valence-electron chi connectivity index (χ4n) is 2.63. The Hall–Kier alpha value is -2.13. The van der Waals surface area contributed by atoms with E-state index < -0.39 is 0 Å². The predicted octanol–water partition coefficient (Wildman–Crippen LogP) is 2.35. The molecule has 22 heavy (non-hydrogen) atoms. The van der Waals surface area contributed by atoms with Crippen molar-refractivity contribution in [2.45, 2.75) is 26.8 Å². The lowest BCUT2D eigenvalue weighted by Gasteiger charge is -2.14. The molecule has 116 valence electrons. The van der Waals surface area contributed by atoms with Gasteiger partial charge in [-0.15, -0.1) is 0 Å². The number of carbonyl (C=O) groups excluding carboxylic acids is 1. The maximum atomic E-state index is 12.1. The zero-order valence-corrected chi connectivity index (χ0v) is 13.6. The summed E-state index contributed by atoms with van der Waals surface area (Å²) in [4.78, 5) is 13.4. The van der Waals surface area contributed by atoms with Crippen LogP contribution in [0.5, 0.6) is 0 Å². The molecule has 2 N–H and O–H groups in total. The summed E-state index contributed by atoms with van der Waals surface area (Å²) in [6.45, 7) is 5.85. The van der Waals surface area contributed by atoms with Gasteiger partial charge in [0.25, 0.3) is 0 Å². The van der Waals surface area contributed by atoms with Gasteiger partial charge >= 0.3 is 0 Å². The molecule has 3 heteroatoms. The Morgan fingerprint density at radius 1 is 1.05 bits per heavy atom. The number of amides is 1. The first-order valence-corrected chi connectivity index (χ1v) is 7.76. The van der Waals surface area contributed by atoms with Crippen molar-refractivity contribution in [1.29, 1.82) is 0 Å². The maximum Gasteiger partial charge on any atom is 0.230 e. The van der Waals surface area contributed by atoms with Crippen molar-refractivity contribution in [3.05, 3.63) is 65.2 Å². The van der Waals surface area contributed by atoms with Crippen molar-refractivity contribution in [1.82, 2.24) is 0 Å². The van der Waals surface area contributed by atoms with Crippen molar-refractivity contribution in [2.24, 2.45) is 0 Å². The number of quaternary nitrogens is 1. The van der Waals surface area contributed by atoms with Crippen molar-refractivity contribution < 1.29 is 9.69 Å². The van der Waals surface area contributed by atoms with E-state index in [-0.39, 0.29) is 5.91 Å². The molecular formula is C19H25N2O+. The van der Waals surface area contributed by atoms with E-state index in [1.165, 1.54) is 21.6 Å². The summed E-state index contributed by atoms with van der Waals surface area (Å²) in [5.41, 5.74) is 4.53. The van der Waals surface area contributed by atoms with Gasteiger partial charge in [-0.05, 0) is 37.1 Å². The van der Waals surface area contributed by atoms with Gasteiger partial charge in [0.2, 0.25) is 5.91 Å². The van der Waals surface area contributed by atoms with Crippen LogP contribution in [0.1, 0.15) is 23.1 Å². The summed E-state index contributed by atoms with van der Waals surface area (Å²) in [6, 6.07) is 16.5. The second kappa shape index (κ2) is 7.76. The molecule has 0 saturated heterocycles. The fourth-order valence-corrected chi connectivity index (χ4v) is 2.63. The molecule has 0 heterocycles. The zero-order valence-electron chi connectivity index (χ0n) is 13.6. The van der Waals surface area contributed by atoms with E-state index in [0.717, 1.165) is 18.8 Å². The van der Waals surface area contributed by atoms with Crippen LogP contribution < -0.4 is 10.2 Å². The molecule has 1 amide bonds. The quantitative estimate of drug-likeness (QED) is 0.843. The van der Waals surface area contributed by atoms with Crippen LogP contribution in [0.3, 0.4) is 0 Å². The minimum Gasteiger partial charge on any atom is -0.333 e. The van der Waals surface area contributed by atoms with E-state index in [0.29, 0.717) is 6.42 Å². The van der Waals surface area contributed by atoms with E-state index in [1.54, 1.807) is 0 Å². The van der Waals surface area contributed by atoms with Crippen LogP contribution in [0, 0.1) is 13.8 Å². The number of hydrogen-bond acceptors (Lipinski definition) is 1. The van der Waals surface area contributed by atoms with Crippen molar-refractivity contribution >= 4 is 11.6 Å². The van der Waals surface area contributed by atoms with Gasteiger partial charge in [0.05, 0.1) is 20.0 Å². The molecule has 2 rings (SSSR count). The number of rotatable bonds is 6. The third kappa shape index (κ3) is 5.34. The lowest BCUT2D eigenvalue weighted by molar-refractivity contribution is -0.893. The lowest BCUT2D eigenvalue weighted by atomic mass is 10.1. The molecule has 0 fully saturated rings. The van der Waals surface area contributed by atoms with Crippen LogP contribution in [0.25, 0.3) is 0 Å². The number of nitrogens with one attached hydrogen (secondary N) is 2. The number of aryl methyl sites for hydroxylation is 2. The standard InChI is InChI=1S/C19H24N2O/c1-15-11-16(2)13-18(12-15)20-19(22)9-10-21(3)14-17-7-5-4-6-8-17/h4-8,11-13H,9-10,14H2,1-3H3,(H,20,22)/p+1. The Bertz CT molecular complexity index is 602. The average Bonchev–Trinajstić information content (AvgIpc) is 2.45. The lowest BCUT2D eigenvalue weighted by Crippen LogP contribution is -3.07. The first kappa shape index (κ1) is 16.2. The Balaban J connectivity index is 1.80. The van der Waals surface area contributed by atoms with Crippen molar-refractivity contribution in [3.8, 4) is 0 Å². The number of carbonyl (C=O) groups is 1. The van der Waals surface area contributed by atoms with E-state index >= 15 is 0 Å². The van der Waals surface area contributed by atoms with Crippen LogP contribution in [-0.4, -0.2) is 19.5 Å². The van der Waals surface area contributed by atoms with Gasteiger partial charge in [-0.2, -0.15) is 0 Å². The summed E-state index contributed by atoms with van der Waals surface area (Å²) in [6.07, 6.45) is 0.533. The molecule has 0 aliphatic heterocycles. The Morgan fingerprint density at radius 2 is 1.68 bits per heavy atom. The minimum atomic E-state index is 0.0809. The predicted molar refractivity (Wildman–Crippen MR) is 91.1 cm³/mol. The molecule has 0 aliphatic carbocycles. The number of benzene rings is 2. The Labute approximate surface area is 133 Å². The highest BCUT2D eigenvalue weighted by Gasteiger charge is 2.08. The van der Waals surface area contributed by atoms with Gasteiger partial charge in [-0.1, -0.05) is 36.4 Å². The first-order chi connectivity index (χ1) is 10.5. The van der Waals surface area contributed by atoms with E-state index in [9.17, 15) is 4.79 Å². The third-order valence-electron chi connectivity index (χ3n) is 3.63. The van der Waals surface area contributed by atoms with Gasteiger partial charge in [0.1, 0.15) is 6.54 Å². The van der Waals surface area contributed by atoms with Gasteiger partial charge in [-0.3, -0.25) is 4.79 Å². The summed E-state index contributed by atoms with van der Waals surface area (Å²) in [5, 5.41) is 2.99. The first-order valence-electron chi connectivity index (χ1n) is 7.76. The van der Waals surface area contributed by atoms with Gasteiger partial charge < -0.3 is 10.2 Å². The Morgan fingerprint density at radius 3 is 2.32 bits per heavy atom. The van der Waals surface area contributed by atoms with Crippen LogP contribution in [0.2, 0.25) is 0 Å². The summed E-state index contributed by atoms with van der Waals surface area (Å²) >= 11 is 0. The molecule has 2 aromatic carbocycles. The molecule has 1 atom stereocenters. The van der Waals surface area contributed by atoms with Crippen molar-refractivity contribution in [2.75, 3.05) is 18.9 Å². The fraction of sp³-hybridized carbons (Fsp3) is 0.316. The minimum absolute atomic E-state index is 0.0809. The molecule has 3 nitrogen and oxygen atoms in total. The van der Waals surface area contributed by atoms with E-state index in [4.69, 9.17) is 0 Å². The van der Waals surface area contributed by atoms with Gasteiger partial charge in [0.15, 0.2) is 0 Å². The maximum absolute atomic E-state index is 12.1. The Kier molecular flexibility index (Phi) is 5.73. The number of hydrogen-bond donors (Lipinski definition) is 2. The highest BCUT2D eigenvalue weighted by molar-refractivity contribution is 5.90. The van der Waals surface area contributed by atoms with Crippen LogP contribution in [0.4, 0.5) is 5.69 Å². The van der Waals surface area contributed by atoms with E-state index in [2.05, 4.69) is 42.7 Å². The van der Waals surface area contributed by atoms with E-state index in [1.807, 2.05) is 32.0 Å². The summed E-state index contributed by atoms with van der Waals surface area (Å²) in [7, 11) is 2.12. The number of anilines is 1. The second-order valence-corrected chi connectivity index (χ2v) is 6.04. The third-order valence-corrected chi connectivity index (χ3v) is 3.63. The van der Waals surface area contributed by atoms with Crippen LogP contribution in [0.15, 0.2) is 48.5 Å². The SMILES string of the molecule is Cc1cc(C)cc(NC(=O)CC[NH+](C)Cc2ccccc2)c1. The van der Waals surface area contributed by atoms with Crippen LogP contribution >= 0.6 is 0 Å². The molecule has 0 aromatic heterocycles. The highest BCUT2D eigenvalue weighted by atomic mass is 16.1. The van der Waals surface area contributed by atoms with Gasteiger partial charge in [0, 0.05) is 11.3 Å². The van der Waals surface area contributed by atoms with Gasteiger partial charge in [-0.25, -0.2) is 0 Å². The molecule has 0 bridgehead atoms. The molecule has 0 saturated carbocycles. The monoisotopic (exact) mass is 297 g/mol. The summed E-state index contributed by atoms with van der Waals surface area (Å²) in [5.74, 6) is 0.0809. The average molecular weight is 297 g/mol. The normalized spacial score (nSPS) is 12.0. The topological polar surface area (TPSA) is 33.5 Å². The van der Waals surface area contributed by atoms with Crippen LogP contribution in [-0.2, 0) is 11.3 Å². The molecule has 0 aliphatic rings.